The number of amides is 1. The standard InChI is InChI=1S/C18H18N4O2/c1-14(22-13-19-12-20-22)18(23)21(2)16-10-6-7-11-17(16)24-15-8-4-3-5-9-15/h3-14H,1-2H3. The summed E-state index contributed by atoms with van der Waals surface area (Å²) in [7, 11) is 1.73. The van der Waals surface area contributed by atoms with Crippen molar-refractivity contribution in [2.45, 2.75) is 13.0 Å². The third-order valence-corrected chi connectivity index (χ3v) is 3.72. The Morgan fingerprint density at radius 1 is 1.12 bits per heavy atom. The molecule has 1 aromatic heterocycles. The summed E-state index contributed by atoms with van der Waals surface area (Å²) in [5.41, 5.74) is 0.693. The summed E-state index contributed by atoms with van der Waals surface area (Å²) in [6.07, 6.45) is 2.94. The van der Waals surface area contributed by atoms with Gasteiger partial charge in [0.25, 0.3) is 5.91 Å². The molecule has 24 heavy (non-hydrogen) atoms. The molecule has 6 nitrogen and oxygen atoms in total. The largest absolute Gasteiger partial charge is 0.455 e. The molecule has 0 saturated carbocycles. The van der Waals surface area contributed by atoms with Crippen LogP contribution in [0.3, 0.4) is 0 Å². The highest BCUT2D eigenvalue weighted by Crippen LogP contribution is 2.32. The minimum Gasteiger partial charge on any atom is -0.455 e. The highest BCUT2D eigenvalue weighted by molar-refractivity contribution is 5.96. The molecule has 0 bridgehead atoms. The van der Waals surface area contributed by atoms with Crippen LogP contribution in [0.4, 0.5) is 5.69 Å². The molecule has 0 saturated heterocycles. The van der Waals surface area contributed by atoms with E-state index in [9.17, 15) is 4.79 Å². The lowest BCUT2D eigenvalue weighted by Gasteiger charge is -2.23. The number of hydrogen-bond donors (Lipinski definition) is 0. The van der Waals surface area contributed by atoms with Crippen LogP contribution < -0.4 is 9.64 Å². The Balaban J connectivity index is 1.85. The van der Waals surface area contributed by atoms with Crippen molar-refractivity contribution in [3.05, 3.63) is 67.3 Å². The van der Waals surface area contributed by atoms with E-state index in [0.717, 1.165) is 5.75 Å². The number of anilines is 1. The van der Waals surface area contributed by atoms with Crippen LogP contribution in [0.1, 0.15) is 13.0 Å². The van der Waals surface area contributed by atoms with Gasteiger partial charge in [0.2, 0.25) is 0 Å². The lowest BCUT2D eigenvalue weighted by Crippen LogP contribution is -2.33. The van der Waals surface area contributed by atoms with E-state index in [1.807, 2.05) is 54.6 Å². The average Bonchev–Trinajstić information content (AvgIpc) is 3.16. The molecule has 2 aromatic carbocycles. The zero-order valence-electron chi connectivity index (χ0n) is 13.5. The van der Waals surface area contributed by atoms with Crippen molar-refractivity contribution >= 4 is 11.6 Å². The minimum atomic E-state index is -0.456. The van der Waals surface area contributed by atoms with Gasteiger partial charge in [-0.2, -0.15) is 5.10 Å². The molecule has 0 N–H and O–H groups in total. The van der Waals surface area contributed by atoms with Crippen molar-refractivity contribution < 1.29 is 9.53 Å². The highest BCUT2D eigenvalue weighted by Gasteiger charge is 2.23. The number of carbonyl (C=O) groups is 1. The number of benzene rings is 2. The Kier molecular flexibility index (Phi) is 4.56. The topological polar surface area (TPSA) is 60.2 Å². The summed E-state index contributed by atoms with van der Waals surface area (Å²) < 4.78 is 7.45. The van der Waals surface area contributed by atoms with Gasteiger partial charge >= 0.3 is 0 Å². The van der Waals surface area contributed by atoms with E-state index >= 15 is 0 Å². The van der Waals surface area contributed by atoms with Crippen molar-refractivity contribution in [2.24, 2.45) is 0 Å². The molecule has 1 atom stereocenters. The fourth-order valence-corrected chi connectivity index (χ4v) is 2.37. The van der Waals surface area contributed by atoms with Gasteiger partial charge in [-0.05, 0) is 31.2 Å². The summed E-state index contributed by atoms with van der Waals surface area (Å²) in [4.78, 5) is 18.2. The molecular formula is C18H18N4O2. The quantitative estimate of drug-likeness (QED) is 0.723. The summed E-state index contributed by atoms with van der Waals surface area (Å²) in [5, 5.41) is 4.03. The first-order chi connectivity index (χ1) is 11.7. The van der Waals surface area contributed by atoms with Crippen LogP contribution >= 0.6 is 0 Å². The van der Waals surface area contributed by atoms with E-state index in [1.165, 1.54) is 17.3 Å². The smallest absolute Gasteiger partial charge is 0.251 e. The normalized spacial score (nSPS) is 11.8. The van der Waals surface area contributed by atoms with Gasteiger partial charge in [0.05, 0.1) is 5.69 Å². The van der Waals surface area contributed by atoms with E-state index in [1.54, 1.807) is 18.9 Å². The van der Waals surface area contributed by atoms with Crippen LogP contribution in [0.25, 0.3) is 0 Å². The molecule has 0 spiro atoms. The molecule has 0 aliphatic heterocycles. The fourth-order valence-electron chi connectivity index (χ4n) is 2.37. The fraction of sp³-hybridized carbons (Fsp3) is 0.167. The second kappa shape index (κ2) is 6.95. The second-order valence-corrected chi connectivity index (χ2v) is 5.33. The first-order valence-corrected chi connectivity index (χ1v) is 7.60. The molecule has 1 amide bonds. The lowest BCUT2D eigenvalue weighted by atomic mass is 10.2. The predicted molar refractivity (Wildman–Crippen MR) is 91.1 cm³/mol. The van der Waals surface area contributed by atoms with E-state index in [4.69, 9.17) is 4.74 Å². The van der Waals surface area contributed by atoms with Crippen LogP contribution in [0.5, 0.6) is 11.5 Å². The van der Waals surface area contributed by atoms with Crippen molar-refractivity contribution in [3.63, 3.8) is 0 Å². The Bertz CT molecular complexity index is 803. The van der Waals surface area contributed by atoms with Gasteiger partial charge in [0.15, 0.2) is 5.75 Å². The zero-order chi connectivity index (χ0) is 16.9. The van der Waals surface area contributed by atoms with Gasteiger partial charge < -0.3 is 9.64 Å². The van der Waals surface area contributed by atoms with Crippen molar-refractivity contribution in [2.75, 3.05) is 11.9 Å². The van der Waals surface area contributed by atoms with Crippen LogP contribution in [-0.2, 0) is 4.79 Å². The average molecular weight is 322 g/mol. The lowest BCUT2D eigenvalue weighted by molar-refractivity contribution is -0.121. The van der Waals surface area contributed by atoms with E-state index in [-0.39, 0.29) is 5.91 Å². The number of rotatable bonds is 5. The van der Waals surface area contributed by atoms with Crippen molar-refractivity contribution in [3.8, 4) is 11.5 Å². The Hall–Kier alpha value is -3.15. The van der Waals surface area contributed by atoms with E-state index < -0.39 is 6.04 Å². The summed E-state index contributed by atoms with van der Waals surface area (Å²) in [5.74, 6) is 1.23. The SMILES string of the molecule is CC(C(=O)N(C)c1ccccc1Oc1ccccc1)n1cncn1. The molecular weight excluding hydrogens is 304 g/mol. The van der Waals surface area contributed by atoms with Crippen LogP contribution in [-0.4, -0.2) is 27.7 Å². The zero-order valence-corrected chi connectivity index (χ0v) is 13.5. The molecule has 1 heterocycles. The number of hydrogen-bond acceptors (Lipinski definition) is 4. The van der Waals surface area contributed by atoms with E-state index in [2.05, 4.69) is 10.1 Å². The first-order valence-electron chi connectivity index (χ1n) is 7.60. The molecule has 3 rings (SSSR count). The minimum absolute atomic E-state index is 0.107. The number of ether oxygens (including phenoxy) is 1. The Labute approximate surface area is 140 Å². The number of nitrogens with zero attached hydrogens (tertiary/aromatic N) is 4. The molecule has 0 aliphatic rings. The molecule has 0 fully saturated rings. The molecule has 122 valence electrons. The Morgan fingerprint density at radius 3 is 2.54 bits per heavy atom. The maximum absolute atomic E-state index is 12.7. The summed E-state index contributed by atoms with van der Waals surface area (Å²) >= 11 is 0. The van der Waals surface area contributed by atoms with Crippen molar-refractivity contribution in [1.29, 1.82) is 0 Å². The number of carbonyl (C=O) groups excluding carboxylic acids is 1. The van der Waals surface area contributed by atoms with Gasteiger partial charge in [-0.1, -0.05) is 30.3 Å². The van der Waals surface area contributed by atoms with Crippen LogP contribution in [0.2, 0.25) is 0 Å². The maximum Gasteiger partial charge on any atom is 0.251 e. The highest BCUT2D eigenvalue weighted by atomic mass is 16.5. The second-order valence-electron chi connectivity index (χ2n) is 5.33. The summed E-state index contributed by atoms with van der Waals surface area (Å²) in [6, 6.07) is 16.5. The number of para-hydroxylation sites is 3. The number of likely N-dealkylation sites (N-methyl/N-ethyl adjacent to an activating group) is 1. The van der Waals surface area contributed by atoms with Gasteiger partial charge in [-0.25, -0.2) is 9.67 Å². The molecule has 0 radical (unpaired) electrons. The summed E-state index contributed by atoms with van der Waals surface area (Å²) in [6.45, 7) is 1.79. The van der Waals surface area contributed by atoms with Crippen molar-refractivity contribution in [1.82, 2.24) is 14.8 Å². The Morgan fingerprint density at radius 2 is 1.83 bits per heavy atom. The number of aromatic nitrogens is 3. The third-order valence-electron chi connectivity index (χ3n) is 3.72. The molecule has 3 aromatic rings. The van der Waals surface area contributed by atoms with Gasteiger partial charge in [0.1, 0.15) is 24.4 Å². The maximum atomic E-state index is 12.7. The van der Waals surface area contributed by atoms with Gasteiger partial charge in [-0.3, -0.25) is 4.79 Å². The van der Waals surface area contributed by atoms with Crippen LogP contribution in [0.15, 0.2) is 67.3 Å². The third kappa shape index (κ3) is 3.27. The first kappa shape index (κ1) is 15.7. The predicted octanol–water partition coefficient (Wildman–Crippen LogP) is 3.29. The van der Waals surface area contributed by atoms with Crippen LogP contribution in [0, 0.1) is 0 Å². The van der Waals surface area contributed by atoms with Gasteiger partial charge in [0, 0.05) is 7.05 Å². The molecule has 0 aliphatic carbocycles. The van der Waals surface area contributed by atoms with Gasteiger partial charge in [-0.15, -0.1) is 0 Å². The monoisotopic (exact) mass is 322 g/mol. The molecule has 6 heteroatoms. The molecule has 1 unspecified atom stereocenters. The van der Waals surface area contributed by atoms with E-state index in [0.29, 0.717) is 11.4 Å².